The molecule has 37 heavy (non-hydrogen) atoms. The zero-order valence-corrected chi connectivity index (χ0v) is 21.9. The molecule has 1 amide bonds. The molecule has 3 aromatic heterocycles. The second-order valence-corrected chi connectivity index (χ2v) is 8.55. The number of carbonyl (C=O) groups is 1. The van der Waals surface area contributed by atoms with Gasteiger partial charge in [0.25, 0.3) is 11.8 Å². The number of pyridine rings is 3. The zero-order valence-electron chi connectivity index (χ0n) is 20.3. The Bertz CT molecular complexity index is 1560. The lowest BCUT2D eigenvalue weighted by Crippen LogP contribution is -2.26. The number of hydrogen-bond acceptors (Lipinski definition) is 8. The first-order chi connectivity index (χ1) is 17.8. The zero-order chi connectivity index (χ0) is 26.7. The van der Waals surface area contributed by atoms with Crippen LogP contribution in [-0.2, 0) is 11.3 Å². The SMILES string of the molecule is COCc1[nH]c(C)c(Br)c(=O)c1C(=O)Nc1ccc(Oc2ccnc3cc(OC)c(OC)nc23)c(F)c1. The van der Waals surface area contributed by atoms with E-state index in [1.54, 1.807) is 13.0 Å². The predicted octanol–water partition coefficient (Wildman–Crippen LogP) is 4.74. The molecule has 3 heterocycles. The van der Waals surface area contributed by atoms with E-state index in [0.29, 0.717) is 28.2 Å². The number of ether oxygens (including phenoxy) is 4. The second-order valence-electron chi connectivity index (χ2n) is 7.76. The molecule has 0 radical (unpaired) electrons. The van der Waals surface area contributed by atoms with Crippen molar-refractivity contribution in [2.24, 2.45) is 0 Å². The van der Waals surface area contributed by atoms with Gasteiger partial charge in [-0.3, -0.25) is 14.6 Å². The van der Waals surface area contributed by atoms with Crippen LogP contribution in [0.5, 0.6) is 23.1 Å². The molecule has 4 rings (SSSR count). The number of halogens is 2. The average Bonchev–Trinajstić information content (AvgIpc) is 2.88. The van der Waals surface area contributed by atoms with Crippen LogP contribution in [0.3, 0.4) is 0 Å². The predicted molar refractivity (Wildman–Crippen MR) is 137 cm³/mol. The van der Waals surface area contributed by atoms with Gasteiger partial charge in [-0.1, -0.05) is 0 Å². The number of hydrogen-bond donors (Lipinski definition) is 2. The lowest BCUT2D eigenvalue weighted by atomic mass is 10.1. The van der Waals surface area contributed by atoms with E-state index in [2.05, 4.69) is 36.2 Å². The van der Waals surface area contributed by atoms with Gasteiger partial charge in [0.1, 0.15) is 11.1 Å². The summed E-state index contributed by atoms with van der Waals surface area (Å²) in [6.07, 6.45) is 1.49. The van der Waals surface area contributed by atoms with Crippen molar-refractivity contribution in [2.75, 3.05) is 26.6 Å². The third-order valence-corrected chi connectivity index (χ3v) is 6.30. The summed E-state index contributed by atoms with van der Waals surface area (Å²) >= 11 is 3.19. The highest BCUT2D eigenvalue weighted by molar-refractivity contribution is 9.10. The summed E-state index contributed by atoms with van der Waals surface area (Å²) in [4.78, 5) is 37.3. The number of rotatable bonds is 8. The third-order valence-electron chi connectivity index (χ3n) is 5.34. The number of aromatic nitrogens is 3. The largest absolute Gasteiger partial charge is 0.491 e. The lowest BCUT2D eigenvalue weighted by Gasteiger charge is -2.13. The van der Waals surface area contributed by atoms with Gasteiger partial charge < -0.3 is 29.2 Å². The summed E-state index contributed by atoms with van der Waals surface area (Å²) in [6.45, 7) is 1.70. The van der Waals surface area contributed by atoms with Crippen LogP contribution in [0.2, 0.25) is 0 Å². The Balaban J connectivity index is 1.62. The number of amides is 1. The Hall–Kier alpha value is -4.03. The topological polar surface area (TPSA) is 125 Å². The normalized spacial score (nSPS) is 10.9. The van der Waals surface area contributed by atoms with Crippen molar-refractivity contribution in [3.05, 3.63) is 74.0 Å². The van der Waals surface area contributed by atoms with Crippen molar-refractivity contribution in [1.29, 1.82) is 0 Å². The van der Waals surface area contributed by atoms with E-state index in [0.717, 1.165) is 6.07 Å². The molecule has 0 fully saturated rings. The van der Waals surface area contributed by atoms with Crippen LogP contribution in [0.25, 0.3) is 11.0 Å². The van der Waals surface area contributed by atoms with E-state index >= 15 is 0 Å². The lowest BCUT2D eigenvalue weighted by molar-refractivity contribution is 0.101. The smallest absolute Gasteiger partial charge is 0.261 e. The molecule has 10 nitrogen and oxygen atoms in total. The van der Waals surface area contributed by atoms with Crippen molar-refractivity contribution >= 4 is 38.6 Å². The quantitative estimate of drug-likeness (QED) is 0.310. The molecule has 12 heteroatoms. The number of aryl methyl sites for hydroxylation is 1. The summed E-state index contributed by atoms with van der Waals surface area (Å²) in [5.74, 6) is -0.734. The minimum Gasteiger partial charge on any atom is -0.491 e. The van der Waals surface area contributed by atoms with E-state index < -0.39 is 17.2 Å². The van der Waals surface area contributed by atoms with Crippen molar-refractivity contribution in [3.63, 3.8) is 0 Å². The maximum absolute atomic E-state index is 15.0. The molecular formula is C25H22BrFN4O6. The van der Waals surface area contributed by atoms with Gasteiger partial charge in [0.05, 0.1) is 36.5 Å². The van der Waals surface area contributed by atoms with Crippen LogP contribution in [0, 0.1) is 12.7 Å². The molecule has 0 saturated carbocycles. The molecule has 192 valence electrons. The number of aromatic amines is 1. The fraction of sp³-hybridized carbons (Fsp3) is 0.200. The van der Waals surface area contributed by atoms with Crippen molar-refractivity contribution < 1.29 is 28.1 Å². The molecule has 0 atom stereocenters. The van der Waals surface area contributed by atoms with Crippen LogP contribution >= 0.6 is 15.9 Å². The Labute approximate surface area is 218 Å². The van der Waals surface area contributed by atoms with Gasteiger partial charge >= 0.3 is 0 Å². The molecule has 0 aliphatic carbocycles. The number of nitrogens with zero attached hydrogens (tertiary/aromatic N) is 2. The fourth-order valence-corrected chi connectivity index (χ4v) is 3.91. The van der Waals surface area contributed by atoms with Crippen LogP contribution in [0.1, 0.15) is 21.7 Å². The van der Waals surface area contributed by atoms with Crippen molar-refractivity contribution in [1.82, 2.24) is 15.0 Å². The number of fused-ring (bicyclic) bond motifs is 1. The van der Waals surface area contributed by atoms with E-state index in [1.165, 1.54) is 45.7 Å². The van der Waals surface area contributed by atoms with Gasteiger partial charge in [0.2, 0.25) is 5.43 Å². The molecule has 0 saturated heterocycles. The van der Waals surface area contributed by atoms with E-state index in [9.17, 15) is 14.0 Å². The van der Waals surface area contributed by atoms with Crippen LogP contribution in [-0.4, -0.2) is 42.2 Å². The molecule has 0 aliphatic heterocycles. The Morgan fingerprint density at radius 1 is 1.11 bits per heavy atom. The van der Waals surface area contributed by atoms with Gasteiger partial charge in [-0.2, -0.15) is 0 Å². The van der Waals surface area contributed by atoms with Gasteiger partial charge in [0, 0.05) is 42.9 Å². The number of benzene rings is 1. The molecular weight excluding hydrogens is 551 g/mol. The first-order valence-corrected chi connectivity index (χ1v) is 11.6. The number of anilines is 1. The number of methoxy groups -OCH3 is 3. The second kappa shape index (κ2) is 10.9. The minimum absolute atomic E-state index is 0.0117. The fourth-order valence-electron chi connectivity index (χ4n) is 3.61. The van der Waals surface area contributed by atoms with Crippen molar-refractivity contribution in [3.8, 4) is 23.1 Å². The molecule has 1 aromatic carbocycles. The molecule has 0 spiro atoms. The summed E-state index contributed by atoms with van der Waals surface area (Å²) in [5, 5.41) is 2.55. The van der Waals surface area contributed by atoms with Gasteiger partial charge in [-0.05, 0) is 35.0 Å². The minimum atomic E-state index is -0.751. The summed E-state index contributed by atoms with van der Waals surface area (Å²) in [7, 11) is 4.37. The number of nitrogens with one attached hydrogen (secondary N) is 2. The molecule has 0 unspecified atom stereocenters. The number of carbonyl (C=O) groups excluding carboxylic acids is 1. The van der Waals surface area contributed by atoms with Gasteiger partial charge in [-0.15, -0.1) is 0 Å². The van der Waals surface area contributed by atoms with E-state index in [-0.39, 0.29) is 39.7 Å². The average molecular weight is 573 g/mol. The standard InChI is InChI=1S/C25H22BrFN4O6/c1-12-21(26)23(32)20(16(29-12)11-34-2)24(33)30-13-5-6-17(14(27)9-13)37-18-7-8-28-15-10-19(35-3)25(36-4)31-22(15)18/h5-10H,11H2,1-4H3,(H,29,32)(H,30,33). The molecule has 4 aromatic rings. The monoisotopic (exact) mass is 572 g/mol. The van der Waals surface area contributed by atoms with Gasteiger partial charge in [0.15, 0.2) is 23.1 Å². The van der Waals surface area contributed by atoms with Crippen LogP contribution in [0.4, 0.5) is 10.1 Å². The van der Waals surface area contributed by atoms with Crippen molar-refractivity contribution in [2.45, 2.75) is 13.5 Å². The Morgan fingerprint density at radius 2 is 1.89 bits per heavy atom. The maximum Gasteiger partial charge on any atom is 0.261 e. The third kappa shape index (κ3) is 5.25. The highest BCUT2D eigenvalue weighted by Crippen LogP contribution is 2.35. The highest BCUT2D eigenvalue weighted by atomic mass is 79.9. The van der Waals surface area contributed by atoms with E-state index in [4.69, 9.17) is 18.9 Å². The molecule has 0 bridgehead atoms. The summed E-state index contributed by atoms with van der Waals surface area (Å²) in [5.41, 5.74) is 1.13. The summed E-state index contributed by atoms with van der Waals surface area (Å²) < 4.78 is 36.6. The Morgan fingerprint density at radius 3 is 2.57 bits per heavy atom. The van der Waals surface area contributed by atoms with E-state index in [1.807, 2.05) is 0 Å². The Kier molecular flexibility index (Phi) is 7.69. The maximum atomic E-state index is 15.0. The molecule has 0 aliphatic rings. The first kappa shape index (κ1) is 26.0. The van der Waals surface area contributed by atoms with Crippen LogP contribution < -0.4 is 25.0 Å². The molecule has 2 N–H and O–H groups in total. The van der Waals surface area contributed by atoms with Crippen LogP contribution in [0.15, 0.2) is 45.8 Å². The first-order valence-electron chi connectivity index (χ1n) is 10.8. The highest BCUT2D eigenvalue weighted by Gasteiger charge is 2.21. The summed E-state index contributed by atoms with van der Waals surface area (Å²) in [6, 6.07) is 7.05. The van der Waals surface area contributed by atoms with Gasteiger partial charge in [-0.25, -0.2) is 9.37 Å². The number of H-pyrrole nitrogens is 1.